The van der Waals surface area contributed by atoms with Gasteiger partial charge in [0, 0.05) is 12.6 Å². The monoisotopic (exact) mass is 324 g/mol. The van der Waals surface area contributed by atoms with Crippen LogP contribution in [0.4, 0.5) is 0 Å². The van der Waals surface area contributed by atoms with Crippen molar-refractivity contribution in [3.05, 3.63) is 51.7 Å². The zero-order chi connectivity index (χ0) is 15.5. The van der Waals surface area contributed by atoms with Gasteiger partial charge in [-0.3, -0.25) is 0 Å². The van der Waals surface area contributed by atoms with E-state index in [1.165, 1.54) is 0 Å². The van der Waals surface area contributed by atoms with Crippen LogP contribution in [-0.2, 0) is 23.0 Å². The summed E-state index contributed by atoms with van der Waals surface area (Å²) in [5.74, 6) is 0. The fourth-order valence-corrected chi connectivity index (χ4v) is 4.41. The minimum atomic E-state index is -3.53. The van der Waals surface area contributed by atoms with Crippen molar-refractivity contribution in [1.82, 2.24) is 4.72 Å². The zero-order valence-electron chi connectivity index (χ0n) is 12.2. The van der Waals surface area contributed by atoms with E-state index in [4.69, 9.17) is 5.73 Å². The molecular formula is C15H20N2O2S2. The van der Waals surface area contributed by atoms with Crippen LogP contribution in [0, 0.1) is 6.92 Å². The van der Waals surface area contributed by atoms with Gasteiger partial charge in [-0.2, -0.15) is 11.3 Å². The largest absolute Gasteiger partial charge is 0.326 e. The van der Waals surface area contributed by atoms with Crippen LogP contribution in [-0.4, -0.2) is 14.5 Å². The van der Waals surface area contributed by atoms with Gasteiger partial charge in [0.25, 0.3) is 0 Å². The Morgan fingerprint density at radius 1 is 1.29 bits per heavy atom. The number of rotatable bonds is 6. The number of hydrogen-bond donors (Lipinski definition) is 2. The van der Waals surface area contributed by atoms with E-state index in [2.05, 4.69) is 4.72 Å². The maximum Gasteiger partial charge on any atom is 0.241 e. The van der Waals surface area contributed by atoms with E-state index >= 15 is 0 Å². The van der Waals surface area contributed by atoms with Gasteiger partial charge in [0.05, 0.1) is 4.90 Å². The Kier molecular flexibility index (Phi) is 5.16. The van der Waals surface area contributed by atoms with Crippen molar-refractivity contribution < 1.29 is 8.42 Å². The van der Waals surface area contributed by atoms with Crippen LogP contribution in [0.15, 0.2) is 39.9 Å². The third-order valence-corrected chi connectivity index (χ3v) is 5.72. The van der Waals surface area contributed by atoms with Crippen molar-refractivity contribution in [2.45, 2.75) is 37.8 Å². The second-order valence-corrected chi connectivity index (χ2v) is 7.62. The third-order valence-electron chi connectivity index (χ3n) is 3.26. The van der Waals surface area contributed by atoms with Gasteiger partial charge in [-0.1, -0.05) is 12.1 Å². The van der Waals surface area contributed by atoms with E-state index in [1.54, 1.807) is 30.4 Å². The summed E-state index contributed by atoms with van der Waals surface area (Å²) in [6.07, 6.45) is 0.679. The van der Waals surface area contributed by atoms with Gasteiger partial charge in [-0.15, -0.1) is 0 Å². The van der Waals surface area contributed by atoms with Gasteiger partial charge in [-0.05, 0) is 59.9 Å². The summed E-state index contributed by atoms with van der Waals surface area (Å²) in [5, 5.41) is 4.02. The second-order valence-electron chi connectivity index (χ2n) is 5.16. The van der Waals surface area contributed by atoms with E-state index in [9.17, 15) is 8.42 Å². The minimum Gasteiger partial charge on any atom is -0.326 e. The molecule has 0 spiro atoms. The van der Waals surface area contributed by atoms with Crippen molar-refractivity contribution >= 4 is 21.4 Å². The Morgan fingerprint density at radius 3 is 2.67 bits per heavy atom. The topological polar surface area (TPSA) is 72.2 Å². The van der Waals surface area contributed by atoms with E-state index in [-0.39, 0.29) is 6.04 Å². The molecule has 1 aromatic carbocycles. The van der Waals surface area contributed by atoms with E-state index < -0.39 is 10.0 Å². The molecule has 3 N–H and O–H groups in total. The van der Waals surface area contributed by atoms with Crippen LogP contribution in [0.1, 0.15) is 23.6 Å². The summed E-state index contributed by atoms with van der Waals surface area (Å²) in [6.45, 7) is 3.99. The Labute approximate surface area is 130 Å². The van der Waals surface area contributed by atoms with Gasteiger partial charge in [-0.25, -0.2) is 13.1 Å². The molecule has 1 atom stereocenters. The maximum absolute atomic E-state index is 12.5. The SMILES string of the molecule is Cc1ccc(CN)cc1S(=O)(=O)NC(C)Cc1ccsc1. The van der Waals surface area contributed by atoms with Crippen LogP contribution in [0.2, 0.25) is 0 Å². The number of nitrogens with one attached hydrogen (secondary N) is 1. The lowest BCUT2D eigenvalue weighted by molar-refractivity contribution is 0.559. The lowest BCUT2D eigenvalue weighted by atomic mass is 10.1. The normalized spacial score (nSPS) is 13.3. The van der Waals surface area contributed by atoms with E-state index in [0.29, 0.717) is 17.9 Å². The molecule has 0 bridgehead atoms. The van der Waals surface area contributed by atoms with E-state index in [0.717, 1.165) is 16.7 Å². The summed E-state index contributed by atoms with van der Waals surface area (Å²) in [6, 6.07) is 7.14. The predicted octanol–water partition coefficient (Wildman–Crippen LogP) is 2.42. The van der Waals surface area contributed by atoms with Crippen LogP contribution in [0.5, 0.6) is 0 Å². The molecule has 0 amide bonds. The maximum atomic E-state index is 12.5. The lowest BCUT2D eigenvalue weighted by Crippen LogP contribution is -2.34. The molecule has 2 rings (SSSR count). The Hall–Kier alpha value is -1.21. The molecule has 0 radical (unpaired) electrons. The van der Waals surface area contributed by atoms with Gasteiger partial charge >= 0.3 is 0 Å². The molecule has 21 heavy (non-hydrogen) atoms. The number of hydrogen-bond acceptors (Lipinski definition) is 4. The number of aryl methyl sites for hydroxylation is 1. The summed E-state index contributed by atoms with van der Waals surface area (Å²) in [5.41, 5.74) is 8.27. The molecule has 0 aliphatic carbocycles. The smallest absolute Gasteiger partial charge is 0.241 e. The van der Waals surface area contributed by atoms with Gasteiger partial charge in [0.1, 0.15) is 0 Å². The summed E-state index contributed by atoms with van der Waals surface area (Å²) < 4.78 is 27.8. The number of thiophene rings is 1. The van der Waals surface area contributed by atoms with Gasteiger partial charge in [0.2, 0.25) is 10.0 Å². The van der Waals surface area contributed by atoms with Crippen LogP contribution in [0.25, 0.3) is 0 Å². The highest BCUT2D eigenvalue weighted by molar-refractivity contribution is 7.89. The number of sulfonamides is 1. The molecule has 114 valence electrons. The first-order valence-corrected chi connectivity index (χ1v) is 9.18. The first-order chi connectivity index (χ1) is 9.92. The van der Waals surface area contributed by atoms with E-state index in [1.807, 2.05) is 29.8 Å². The Balaban J connectivity index is 2.18. The molecule has 0 aliphatic rings. The van der Waals surface area contributed by atoms with Crippen LogP contribution < -0.4 is 10.5 Å². The number of benzene rings is 1. The number of nitrogens with two attached hydrogens (primary N) is 1. The lowest BCUT2D eigenvalue weighted by Gasteiger charge is -2.15. The quantitative estimate of drug-likeness (QED) is 0.857. The Bertz CT molecular complexity index is 694. The summed E-state index contributed by atoms with van der Waals surface area (Å²) >= 11 is 1.61. The molecule has 0 saturated carbocycles. The first kappa shape index (κ1) is 16.2. The highest BCUT2D eigenvalue weighted by Crippen LogP contribution is 2.18. The highest BCUT2D eigenvalue weighted by Gasteiger charge is 2.20. The van der Waals surface area contributed by atoms with Crippen molar-refractivity contribution in [2.24, 2.45) is 5.73 Å². The molecular weight excluding hydrogens is 304 g/mol. The molecule has 1 unspecified atom stereocenters. The molecule has 0 aliphatic heterocycles. The molecule has 6 heteroatoms. The fraction of sp³-hybridized carbons (Fsp3) is 0.333. The zero-order valence-corrected chi connectivity index (χ0v) is 13.8. The van der Waals surface area contributed by atoms with Gasteiger partial charge < -0.3 is 5.73 Å². The summed E-state index contributed by atoms with van der Waals surface area (Å²) in [7, 11) is -3.53. The molecule has 2 aromatic rings. The third kappa shape index (κ3) is 4.14. The van der Waals surface area contributed by atoms with Crippen LogP contribution >= 0.6 is 11.3 Å². The molecule has 0 saturated heterocycles. The first-order valence-electron chi connectivity index (χ1n) is 6.75. The highest BCUT2D eigenvalue weighted by atomic mass is 32.2. The predicted molar refractivity (Wildman–Crippen MR) is 86.9 cm³/mol. The fourth-order valence-electron chi connectivity index (χ4n) is 2.19. The molecule has 1 aromatic heterocycles. The average Bonchev–Trinajstić information content (AvgIpc) is 2.91. The second kappa shape index (κ2) is 6.70. The average molecular weight is 324 g/mol. The Morgan fingerprint density at radius 2 is 2.05 bits per heavy atom. The van der Waals surface area contributed by atoms with Crippen molar-refractivity contribution in [2.75, 3.05) is 0 Å². The standard InChI is InChI=1S/C15H20N2O2S2/c1-11-3-4-13(9-16)8-15(11)21(18,19)17-12(2)7-14-5-6-20-10-14/h3-6,8,10,12,17H,7,9,16H2,1-2H3. The van der Waals surface area contributed by atoms with Gasteiger partial charge in [0.15, 0.2) is 0 Å². The van der Waals surface area contributed by atoms with Crippen molar-refractivity contribution in [3.8, 4) is 0 Å². The van der Waals surface area contributed by atoms with Crippen molar-refractivity contribution in [3.63, 3.8) is 0 Å². The minimum absolute atomic E-state index is 0.162. The van der Waals surface area contributed by atoms with Crippen molar-refractivity contribution in [1.29, 1.82) is 0 Å². The molecule has 0 fully saturated rings. The summed E-state index contributed by atoms with van der Waals surface area (Å²) in [4.78, 5) is 0.308. The molecule has 1 heterocycles. The van der Waals surface area contributed by atoms with Crippen LogP contribution in [0.3, 0.4) is 0 Å². The molecule has 4 nitrogen and oxygen atoms in total.